The Labute approximate surface area is 232 Å². The van der Waals surface area contributed by atoms with E-state index >= 15 is 0 Å². The van der Waals surface area contributed by atoms with E-state index in [0.29, 0.717) is 27.5 Å². The van der Waals surface area contributed by atoms with Gasteiger partial charge in [0.05, 0.1) is 38.0 Å². The van der Waals surface area contributed by atoms with Crippen molar-refractivity contribution in [2.24, 2.45) is 4.99 Å². The Bertz CT molecular complexity index is 1750. The van der Waals surface area contributed by atoms with Gasteiger partial charge in [-0.2, -0.15) is 4.99 Å². The number of carbonyl (C=O) groups excluding carboxylic acids is 2. The van der Waals surface area contributed by atoms with Gasteiger partial charge >= 0.3 is 5.97 Å². The second-order valence-corrected chi connectivity index (χ2v) is 12.2. The number of aryl methyl sites for hydroxylation is 1. The fourth-order valence-corrected chi connectivity index (χ4v) is 7.38. The van der Waals surface area contributed by atoms with Crippen molar-refractivity contribution < 1.29 is 22.7 Å². The van der Waals surface area contributed by atoms with Gasteiger partial charge in [-0.1, -0.05) is 52.7 Å². The standard InChI is InChI=1S/C26H21Cl2N3O5S2/c1-36-22(32)15-30-24-21(13-12-19(27)23(24)28)37-26(30)29-25(33)17-8-10-18(11-9-17)38(34,35)31-14-4-6-16-5-2-3-7-20(16)31/h2-3,5,7-13H,4,6,14-15H2,1H3. The summed E-state index contributed by atoms with van der Waals surface area (Å²) >= 11 is 13.7. The molecule has 0 atom stereocenters. The first-order chi connectivity index (χ1) is 18.2. The second kappa shape index (κ2) is 10.5. The van der Waals surface area contributed by atoms with Gasteiger partial charge in [0, 0.05) is 12.1 Å². The fraction of sp³-hybridized carbons (Fsp3) is 0.192. The normalized spacial score (nSPS) is 14.0. The Kier molecular flexibility index (Phi) is 7.32. The maximum atomic E-state index is 13.4. The molecule has 0 fully saturated rings. The molecule has 38 heavy (non-hydrogen) atoms. The minimum Gasteiger partial charge on any atom is -0.468 e. The first kappa shape index (κ1) is 26.4. The Balaban J connectivity index is 1.49. The van der Waals surface area contributed by atoms with E-state index in [1.165, 1.54) is 40.2 Å². The second-order valence-electron chi connectivity index (χ2n) is 8.51. The molecule has 1 amide bonds. The summed E-state index contributed by atoms with van der Waals surface area (Å²) in [7, 11) is -2.56. The summed E-state index contributed by atoms with van der Waals surface area (Å²) in [6.45, 7) is 0.158. The number of ether oxygens (including phenoxy) is 1. The molecule has 1 aliphatic heterocycles. The molecule has 3 aromatic carbocycles. The van der Waals surface area contributed by atoms with Gasteiger partial charge in [0.25, 0.3) is 15.9 Å². The average Bonchev–Trinajstić information content (AvgIpc) is 3.27. The van der Waals surface area contributed by atoms with E-state index in [9.17, 15) is 18.0 Å². The molecule has 2 heterocycles. The lowest BCUT2D eigenvalue weighted by atomic mass is 10.0. The largest absolute Gasteiger partial charge is 0.468 e. The number of thiazole rings is 1. The highest BCUT2D eigenvalue weighted by molar-refractivity contribution is 7.92. The molecule has 0 unspecified atom stereocenters. The van der Waals surface area contributed by atoms with Crippen molar-refractivity contribution in [3.05, 3.63) is 86.6 Å². The van der Waals surface area contributed by atoms with Crippen molar-refractivity contribution in [2.45, 2.75) is 24.3 Å². The molecule has 0 saturated carbocycles. The summed E-state index contributed by atoms with van der Waals surface area (Å²) in [6, 6.07) is 16.5. The Morgan fingerprint density at radius 1 is 1.05 bits per heavy atom. The van der Waals surface area contributed by atoms with Crippen molar-refractivity contribution in [1.82, 2.24) is 4.57 Å². The van der Waals surface area contributed by atoms with Crippen LogP contribution in [0.5, 0.6) is 0 Å². The molecule has 0 spiro atoms. The molecule has 4 aromatic rings. The van der Waals surface area contributed by atoms with Crippen LogP contribution in [0.2, 0.25) is 10.0 Å². The number of para-hydroxylation sites is 1. The maximum Gasteiger partial charge on any atom is 0.325 e. The fourth-order valence-electron chi connectivity index (χ4n) is 4.33. The van der Waals surface area contributed by atoms with Gasteiger partial charge in [-0.15, -0.1) is 0 Å². The monoisotopic (exact) mass is 589 g/mol. The lowest BCUT2D eigenvalue weighted by molar-refractivity contribution is -0.141. The summed E-state index contributed by atoms with van der Waals surface area (Å²) in [4.78, 5) is 29.6. The molecule has 0 N–H and O–H groups in total. The van der Waals surface area contributed by atoms with Gasteiger partial charge < -0.3 is 9.30 Å². The summed E-state index contributed by atoms with van der Waals surface area (Å²) in [5.41, 5.74) is 2.31. The van der Waals surface area contributed by atoms with Crippen LogP contribution in [0.15, 0.2) is 70.6 Å². The van der Waals surface area contributed by atoms with E-state index in [-0.39, 0.29) is 26.8 Å². The molecular formula is C26H21Cl2N3O5S2. The summed E-state index contributed by atoms with van der Waals surface area (Å²) in [5, 5.41) is 0.522. The van der Waals surface area contributed by atoms with E-state index < -0.39 is 21.9 Å². The molecule has 196 valence electrons. The van der Waals surface area contributed by atoms with Crippen LogP contribution in [0.1, 0.15) is 22.3 Å². The summed E-state index contributed by atoms with van der Waals surface area (Å²) in [5.74, 6) is -1.16. The van der Waals surface area contributed by atoms with Crippen molar-refractivity contribution in [3.8, 4) is 0 Å². The SMILES string of the molecule is COC(=O)Cn1c(=NC(=O)c2ccc(S(=O)(=O)N3CCCc4ccccc43)cc2)sc2ccc(Cl)c(Cl)c21. The molecule has 12 heteroatoms. The number of hydrogen-bond donors (Lipinski definition) is 0. The van der Waals surface area contributed by atoms with E-state index in [0.717, 1.165) is 29.7 Å². The van der Waals surface area contributed by atoms with Crippen LogP contribution >= 0.6 is 34.5 Å². The van der Waals surface area contributed by atoms with E-state index in [4.69, 9.17) is 27.9 Å². The number of anilines is 1. The van der Waals surface area contributed by atoms with Crippen LogP contribution in [-0.2, 0) is 32.5 Å². The maximum absolute atomic E-state index is 13.4. The quantitative estimate of drug-likeness (QED) is 0.303. The van der Waals surface area contributed by atoms with E-state index in [1.54, 1.807) is 18.2 Å². The number of methoxy groups -OCH3 is 1. The molecule has 0 radical (unpaired) electrons. The lowest BCUT2D eigenvalue weighted by Gasteiger charge is -2.30. The number of carbonyl (C=O) groups is 2. The van der Waals surface area contributed by atoms with E-state index in [2.05, 4.69) is 4.99 Å². The first-order valence-electron chi connectivity index (χ1n) is 11.5. The van der Waals surface area contributed by atoms with Crippen LogP contribution in [-0.4, -0.2) is 38.5 Å². The topological polar surface area (TPSA) is 98.0 Å². The highest BCUT2D eigenvalue weighted by Gasteiger charge is 2.29. The zero-order valence-electron chi connectivity index (χ0n) is 20.1. The lowest BCUT2D eigenvalue weighted by Crippen LogP contribution is -2.35. The Hall–Kier alpha value is -3.18. The van der Waals surface area contributed by atoms with Gasteiger partial charge in [0.1, 0.15) is 6.54 Å². The van der Waals surface area contributed by atoms with Crippen LogP contribution in [0.25, 0.3) is 10.2 Å². The van der Waals surface area contributed by atoms with Crippen molar-refractivity contribution in [1.29, 1.82) is 0 Å². The highest BCUT2D eigenvalue weighted by Crippen LogP contribution is 2.33. The van der Waals surface area contributed by atoms with Crippen molar-refractivity contribution >= 4 is 72.3 Å². The zero-order valence-corrected chi connectivity index (χ0v) is 23.2. The van der Waals surface area contributed by atoms with Gasteiger partial charge in [-0.3, -0.25) is 13.9 Å². The number of aromatic nitrogens is 1. The minimum atomic E-state index is -3.82. The van der Waals surface area contributed by atoms with Crippen LogP contribution in [0, 0.1) is 0 Å². The molecule has 1 aliphatic rings. The summed E-state index contributed by atoms with van der Waals surface area (Å²) in [6.07, 6.45) is 1.55. The number of amides is 1. The number of halogens is 2. The predicted molar refractivity (Wildman–Crippen MR) is 147 cm³/mol. The Morgan fingerprint density at radius 2 is 1.79 bits per heavy atom. The van der Waals surface area contributed by atoms with Crippen molar-refractivity contribution in [2.75, 3.05) is 18.0 Å². The number of nitrogens with zero attached hydrogens (tertiary/aromatic N) is 3. The van der Waals surface area contributed by atoms with Crippen LogP contribution < -0.4 is 9.11 Å². The predicted octanol–water partition coefficient (Wildman–Crippen LogP) is 5.07. The minimum absolute atomic E-state index is 0.0785. The molecule has 0 bridgehead atoms. The third kappa shape index (κ3) is 4.84. The zero-order chi connectivity index (χ0) is 27.0. The van der Waals surface area contributed by atoms with Crippen LogP contribution in [0.4, 0.5) is 5.69 Å². The molecule has 1 aromatic heterocycles. The molecule has 0 saturated heterocycles. The number of rotatable bonds is 5. The van der Waals surface area contributed by atoms with Crippen LogP contribution in [0.3, 0.4) is 0 Å². The average molecular weight is 591 g/mol. The number of hydrogen-bond acceptors (Lipinski definition) is 6. The van der Waals surface area contributed by atoms with Gasteiger partial charge in [0.15, 0.2) is 4.80 Å². The van der Waals surface area contributed by atoms with Gasteiger partial charge in [-0.05, 0) is 60.9 Å². The van der Waals surface area contributed by atoms with Gasteiger partial charge in [0.2, 0.25) is 0 Å². The third-order valence-corrected chi connectivity index (χ3v) is 9.87. The first-order valence-corrected chi connectivity index (χ1v) is 14.6. The third-order valence-electron chi connectivity index (χ3n) is 6.20. The molecule has 0 aliphatic carbocycles. The highest BCUT2D eigenvalue weighted by atomic mass is 35.5. The summed E-state index contributed by atoms with van der Waals surface area (Å²) < 4.78 is 35.2. The molecule has 5 rings (SSSR count). The van der Waals surface area contributed by atoms with Crippen molar-refractivity contribution in [3.63, 3.8) is 0 Å². The molecule has 8 nitrogen and oxygen atoms in total. The van der Waals surface area contributed by atoms with Gasteiger partial charge in [-0.25, -0.2) is 8.42 Å². The smallest absolute Gasteiger partial charge is 0.325 e. The molecular weight excluding hydrogens is 569 g/mol. The van der Waals surface area contributed by atoms with E-state index in [1.807, 2.05) is 18.2 Å². The number of benzene rings is 3. The number of sulfonamides is 1. The number of fused-ring (bicyclic) bond motifs is 2. The Morgan fingerprint density at radius 3 is 2.53 bits per heavy atom. The number of esters is 1.